The van der Waals surface area contributed by atoms with Crippen LogP contribution in [0, 0.1) is 13.8 Å². The minimum Gasteiger partial charge on any atom is -0.344 e. The van der Waals surface area contributed by atoms with Crippen LogP contribution in [0.3, 0.4) is 0 Å². The van der Waals surface area contributed by atoms with Gasteiger partial charge in [0.15, 0.2) is 0 Å². The second kappa shape index (κ2) is 4.94. The highest BCUT2D eigenvalue weighted by Gasteiger charge is 2.42. The molecule has 0 radical (unpaired) electrons. The number of rotatable bonds is 3. The first-order chi connectivity index (χ1) is 11.1. The first-order valence-corrected chi connectivity index (χ1v) is 7.86. The average molecular weight is 309 g/mol. The van der Waals surface area contributed by atoms with Gasteiger partial charge in [-0.2, -0.15) is 0 Å². The molecule has 0 unspecified atom stereocenters. The maximum absolute atomic E-state index is 12.7. The monoisotopic (exact) mass is 309 g/mol. The summed E-state index contributed by atoms with van der Waals surface area (Å²) in [5, 5.41) is 3.19. The summed E-state index contributed by atoms with van der Waals surface area (Å²) in [4.78, 5) is 24.7. The Balaban J connectivity index is 1.64. The molecular formula is C17H19N5O. The van der Waals surface area contributed by atoms with Crippen LogP contribution in [0.1, 0.15) is 47.0 Å². The third kappa shape index (κ3) is 2.21. The largest absolute Gasteiger partial charge is 0.344 e. The number of aromatic amines is 1. The summed E-state index contributed by atoms with van der Waals surface area (Å²) in [6.45, 7) is 3.90. The van der Waals surface area contributed by atoms with E-state index in [1.807, 2.05) is 42.8 Å². The first-order valence-electron chi connectivity index (χ1n) is 7.86. The van der Waals surface area contributed by atoms with E-state index in [1.54, 1.807) is 6.20 Å². The van der Waals surface area contributed by atoms with Crippen molar-refractivity contribution in [2.75, 3.05) is 0 Å². The molecule has 0 atom stereocenters. The van der Waals surface area contributed by atoms with Crippen LogP contribution in [0.4, 0.5) is 0 Å². The summed E-state index contributed by atoms with van der Waals surface area (Å²) < 4.78 is 1.93. The van der Waals surface area contributed by atoms with Crippen LogP contribution in [0.2, 0.25) is 0 Å². The van der Waals surface area contributed by atoms with Crippen LogP contribution in [-0.2, 0) is 5.54 Å². The minimum atomic E-state index is -0.357. The molecule has 3 aromatic rings. The Morgan fingerprint density at radius 2 is 2.09 bits per heavy atom. The summed E-state index contributed by atoms with van der Waals surface area (Å²) in [7, 11) is 0. The number of aryl methyl sites for hydroxylation is 2. The Kier molecular flexibility index (Phi) is 3.01. The van der Waals surface area contributed by atoms with Gasteiger partial charge in [-0.25, -0.2) is 9.97 Å². The maximum Gasteiger partial charge on any atom is 0.253 e. The Labute approximate surface area is 134 Å². The van der Waals surface area contributed by atoms with Gasteiger partial charge in [-0.05, 0) is 45.2 Å². The van der Waals surface area contributed by atoms with Gasteiger partial charge in [-0.3, -0.25) is 4.79 Å². The average Bonchev–Trinajstić information content (AvgIpc) is 3.09. The van der Waals surface area contributed by atoms with E-state index in [4.69, 9.17) is 0 Å². The Morgan fingerprint density at radius 1 is 1.26 bits per heavy atom. The fourth-order valence-electron chi connectivity index (χ4n) is 3.15. The van der Waals surface area contributed by atoms with E-state index < -0.39 is 0 Å². The minimum absolute atomic E-state index is 0.0752. The van der Waals surface area contributed by atoms with Crippen LogP contribution in [0.5, 0.6) is 0 Å². The van der Waals surface area contributed by atoms with Crippen LogP contribution in [-0.4, -0.2) is 25.3 Å². The summed E-state index contributed by atoms with van der Waals surface area (Å²) in [6.07, 6.45) is 8.38. The highest BCUT2D eigenvalue weighted by atomic mass is 16.1. The highest BCUT2D eigenvalue weighted by Crippen LogP contribution is 2.40. The van der Waals surface area contributed by atoms with E-state index in [0.717, 1.165) is 42.1 Å². The zero-order valence-electron chi connectivity index (χ0n) is 13.3. The van der Waals surface area contributed by atoms with Crippen molar-refractivity contribution >= 4 is 11.4 Å². The van der Waals surface area contributed by atoms with Crippen LogP contribution in [0.15, 0.2) is 30.7 Å². The van der Waals surface area contributed by atoms with E-state index in [2.05, 4.69) is 20.3 Å². The Hall–Kier alpha value is -2.63. The van der Waals surface area contributed by atoms with Gasteiger partial charge in [-0.1, -0.05) is 0 Å². The van der Waals surface area contributed by atoms with Crippen LogP contribution in [0.25, 0.3) is 5.52 Å². The Bertz CT molecular complexity index is 887. The van der Waals surface area contributed by atoms with Gasteiger partial charge in [0, 0.05) is 18.1 Å². The summed E-state index contributed by atoms with van der Waals surface area (Å²) in [5.41, 5.74) is 2.27. The molecule has 2 N–H and O–H groups in total. The molecule has 0 bridgehead atoms. The first kappa shape index (κ1) is 14.0. The molecule has 23 heavy (non-hydrogen) atoms. The lowest BCUT2D eigenvalue weighted by atomic mass is 9.76. The molecule has 3 aromatic heterocycles. The number of aromatic nitrogens is 4. The molecule has 118 valence electrons. The van der Waals surface area contributed by atoms with Crippen molar-refractivity contribution < 1.29 is 4.79 Å². The molecule has 1 saturated carbocycles. The van der Waals surface area contributed by atoms with Gasteiger partial charge in [-0.15, -0.1) is 0 Å². The van der Waals surface area contributed by atoms with Gasteiger partial charge in [0.2, 0.25) is 0 Å². The van der Waals surface area contributed by atoms with Gasteiger partial charge < -0.3 is 14.7 Å². The van der Waals surface area contributed by atoms with E-state index in [1.165, 1.54) is 0 Å². The van der Waals surface area contributed by atoms with E-state index in [-0.39, 0.29) is 11.4 Å². The van der Waals surface area contributed by atoms with Crippen molar-refractivity contribution in [3.8, 4) is 0 Å². The molecule has 0 aromatic carbocycles. The van der Waals surface area contributed by atoms with Crippen molar-refractivity contribution in [2.24, 2.45) is 0 Å². The second-order valence-electron chi connectivity index (χ2n) is 6.32. The molecule has 3 heterocycles. The van der Waals surface area contributed by atoms with Crippen LogP contribution >= 0.6 is 0 Å². The summed E-state index contributed by atoms with van der Waals surface area (Å²) >= 11 is 0. The number of pyridine rings is 1. The van der Waals surface area contributed by atoms with Crippen molar-refractivity contribution in [1.82, 2.24) is 24.7 Å². The molecule has 0 spiro atoms. The van der Waals surface area contributed by atoms with Crippen LogP contribution < -0.4 is 5.32 Å². The number of amides is 1. The summed E-state index contributed by atoms with van der Waals surface area (Å²) in [5.74, 6) is 1.65. The van der Waals surface area contributed by atoms with Gasteiger partial charge in [0.05, 0.1) is 22.8 Å². The smallest absolute Gasteiger partial charge is 0.253 e. The number of carbonyl (C=O) groups is 1. The summed E-state index contributed by atoms with van der Waals surface area (Å²) in [6, 6.07) is 3.75. The molecule has 4 rings (SSSR count). The number of imidazole rings is 2. The van der Waals surface area contributed by atoms with Crippen molar-refractivity contribution in [1.29, 1.82) is 0 Å². The number of fused-ring (bicyclic) bond motifs is 1. The van der Waals surface area contributed by atoms with Gasteiger partial charge in [0.1, 0.15) is 11.6 Å². The number of nitrogens with one attached hydrogen (secondary N) is 2. The lowest BCUT2D eigenvalue weighted by molar-refractivity contribution is 0.0810. The lowest BCUT2D eigenvalue weighted by Gasteiger charge is -2.40. The zero-order chi connectivity index (χ0) is 16.0. The predicted molar refractivity (Wildman–Crippen MR) is 86.2 cm³/mol. The van der Waals surface area contributed by atoms with E-state index >= 15 is 0 Å². The molecule has 1 aliphatic carbocycles. The molecule has 6 heteroatoms. The van der Waals surface area contributed by atoms with Crippen molar-refractivity contribution in [3.05, 3.63) is 53.6 Å². The molecular weight excluding hydrogens is 290 g/mol. The zero-order valence-corrected chi connectivity index (χ0v) is 13.3. The van der Waals surface area contributed by atoms with Crippen molar-refractivity contribution in [3.63, 3.8) is 0 Å². The fourth-order valence-corrected chi connectivity index (χ4v) is 3.15. The number of hydrogen-bond acceptors (Lipinski definition) is 3. The van der Waals surface area contributed by atoms with Gasteiger partial charge >= 0.3 is 0 Å². The predicted octanol–water partition coefficient (Wildman–Crippen LogP) is 2.48. The third-order valence-corrected chi connectivity index (χ3v) is 4.69. The molecule has 0 aliphatic heterocycles. The maximum atomic E-state index is 12.7. The van der Waals surface area contributed by atoms with E-state index in [9.17, 15) is 4.79 Å². The molecule has 0 saturated heterocycles. The van der Waals surface area contributed by atoms with Gasteiger partial charge in [0.25, 0.3) is 5.91 Å². The number of H-pyrrole nitrogens is 1. The lowest BCUT2D eigenvalue weighted by Crippen LogP contribution is -2.51. The molecule has 1 fully saturated rings. The normalized spacial score (nSPS) is 16.3. The number of nitrogens with zero attached hydrogens (tertiary/aromatic N) is 3. The molecule has 6 nitrogen and oxygen atoms in total. The van der Waals surface area contributed by atoms with Crippen molar-refractivity contribution in [2.45, 2.75) is 38.6 Å². The SMILES string of the molecule is Cc1cnc(C2(NC(=O)c3ccc4cnc(C)n4c3)CCC2)[nH]1. The molecule has 1 amide bonds. The standard InChI is InChI=1S/C17H19N5O/c1-11-8-19-16(20-11)17(6-3-7-17)21-15(23)13-4-5-14-9-18-12(2)22(14)10-13/h4-5,8-10H,3,6-7H2,1-2H3,(H,19,20)(H,21,23). The topological polar surface area (TPSA) is 75.1 Å². The molecule has 1 aliphatic rings. The fraction of sp³-hybridized carbons (Fsp3) is 0.353. The number of hydrogen-bond donors (Lipinski definition) is 2. The third-order valence-electron chi connectivity index (χ3n) is 4.69. The quantitative estimate of drug-likeness (QED) is 0.780. The Morgan fingerprint density at radius 3 is 2.74 bits per heavy atom. The van der Waals surface area contributed by atoms with E-state index in [0.29, 0.717) is 5.56 Å². The second-order valence-corrected chi connectivity index (χ2v) is 6.32. The number of carbonyl (C=O) groups excluding carboxylic acids is 1. The highest BCUT2D eigenvalue weighted by molar-refractivity contribution is 5.94.